The molecule has 0 bridgehead atoms. The molecule has 0 aromatic carbocycles. The fourth-order valence-corrected chi connectivity index (χ4v) is 2.36. The van der Waals surface area contributed by atoms with Gasteiger partial charge >= 0.3 is 0 Å². The van der Waals surface area contributed by atoms with Crippen LogP contribution < -0.4 is 5.73 Å². The summed E-state index contributed by atoms with van der Waals surface area (Å²) in [5, 5.41) is 9.76. The minimum absolute atomic E-state index is 0.395. The molecule has 4 heteroatoms. The Balaban J connectivity index is 2.13. The van der Waals surface area contributed by atoms with Crippen LogP contribution in [-0.4, -0.2) is 16.6 Å². The molecule has 0 saturated heterocycles. The van der Waals surface area contributed by atoms with Crippen molar-refractivity contribution in [1.29, 1.82) is 0 Å². The zero-order chi connectivity index (χ0) is 9.26. The minimum atomic E-state index is -0.395. The van der Waals surface area contributed by atoms with Crippen LogP contribution in [-0.2, 0) is 0 Å². The summed E-state index contributed by atoms with van der Waals surface area (Å²) < 4.78 is 0. The first kappa shape index (κ1) is 9.12. The highest BCUT2D eigenvalue weighted by Crippen LogP contribution is 2.43. The van der Waals surface area contributed by atoms with Crippen LogP contribution in [0.2, 0.25) is 0 Å². The van der Waals surface area contributed by atoms with Gasteiger partial charge in [0.25, 0.3) is 0 Å². The maximum atomic E-state index is 9.76. The van der Waals surface area contributed by atoms with Crippen molar-refractivity contribution in [1.82, 2.24) is 4.98 Å². The minimum Gasteiger partial charge on any atom is -0.387 e. The van der Waals surface area contributed by atoms with Gasteiger partial charge in [0.1, 0.15) is 0 Å². The van der Waals surface area contributed by atoms with E-state index in [2.05, 4.69) is 4.98 Å². The third kappa shape index (κ3) is 1.90. The molecule has 1 fully saturated rings. The molecule has 1 aromatic heterocycles. The first-order valence-corrected chi connectivity index (χ1v) is 5.52. The largest absolute Gasteiger partial charge is 0.387 e. The maximum Gasteiger partial charge on any atom is 0.0913 e. The lowest BCUT2D eigenvalue weighted by atomic mass is 10.1. The highest BCUT2D eigenvalue weighted by atomic mass is 32.1. The molecular formula is C9H14N2OS. The van der Waals surface area contributed by atoms with Gasteiger partial charge in [0, 0.05) is 5.92 Å². The van der Waals surface area contributed by atoms with Crippen LogP contribution in [0, 0.1) is 0 Å². The lowest BCUT2D eigenvalue weighted by molar-refractivity contribution is 0.173. The van der Waals surface area contributed by atoms with Crippen LogP contribution in [0.5, 0.6) is 0 Å². The van der Waals surface area contributed by atoms with E-state index in [0.29, 0.717) is 18.9 Å². The summed E-state index contributed by atoms with van der Waals surface area (Å²) in [6, 6.07) is 0. The van der Waals surface area contributed by atoms with Crippen molar-refractivity contribution >= 4 is 11.3 Å². The molecule has 0 radical (unpaired) electrons. The Bertz CT molecular complexity index is 283. The van der Waals surface area contributed by atoms with Crippen LogP contribution in [0.1, 0.15) is 41.9 Å². The summed E-state index contributed by atoms with van der Waals surface area (Å²) in [5.41, 5.74) is 8.34. The molecule has 3 nitrogen and oxygen atoms in total. The molecule has 3 N–H and O–H groups in total. The van der Waals surface area contributed by atoms with Crippen LogP contribution >= 0.6 is 11.3 Å². The van der Waals surface area contributed by atoms with Crippen LogP contribution in [0.15, 0.2) is 5.51 Å². The fourth-order valence-electron chi connectivity index (χ4n) is 1.47. The average Bonchev–Trinajstić information content (AvgIpc) is 2.84. The van der Waals surface area contributed by atoms with E-state index in [-0.39, 0.29) is 0 Å². The van der Waals surface area contributed by atoms with E-state index in [0.717, 1.165) is 10.6 Å². The molecular weight excluding hydrogens is 184 g/mol. The molecule has 1 aliphatic carbocycles. The monoisotopic (exact) mass is 198 g/mol. The second-order valence-corrected chi connectivity index (χ2v) is 4.36. The van der Waals surface area contributed by atoms with Crippen molar-refractivity contribution in [2.45, 2.75) is 31.3 Å². The number of rotatable bonds is 4. The molecule has 1 atom stereocenters. The number of hydrogen-bond acceptors (Lipinski definition) is 4. The van der Waals surface area contributed by atoms with Crippen molar-refractivity contribution in [3.63, 3.8) is 0 Å². The summed E-state index contributed by atoms with van der Waals surface area (Å²) in [6.45, 7) is 0.531. The van der Waals surface area contributed by atoms with Gasteiger partial charge in [-0.05, 0) is 25.8 Å². The number of hydrogen-bond donors (Lipinski definition) is 2. The number of thiazole rings is 1. The number of aliphatic hydroxyl groups is 1. The Morgan fingerprint density at radius 3 is 3.08 bits per heavy atom. The second kappa shape index (κ2) is 3.74. The van der Waals surface area contributed by atoms with E-state index in [4.69, 9.17) is 5.73 Å². The van der Waals surface area contributed by atoms with Gasteiger partial charge in [0.05, 0.1) is 22.2 Å². The second-order valence-electron chi connectivity index (χ2n) is 3.47. The first-order valence-electron chi connectivity index (χ1n) is 4.64. The SMILES string of the molecule is NCCC(O)c1scnc1C1CC1. The Kier molecular flexibility index (Phi) is 2.62. The topological polar surface area (TPSA) is 59.1 Å². The van der Waals surface area contributed by atoms with E-state index in [1.54, 1.807) is 11.3 Å². The molecule has 72 valence electrons. The number of aliphatic hydroxyl groups excluding tert-OH is 1. The fraction of sp³-hybridized carbons (Fsp3) is 0.667. The normalized spacial score (nSPS) is 18.9. The lowest BCUT2D eigenvalue weighted by Gasteiger charge is -2.07. The first-order chi connectivity index (χ1) is 6.33. The van der Waals surface area contributed by atoms with E-state index in [1.807, 2.05) is 5.51 Å². The summed E-state index contributed by atoms with van der Waals surface area (Å²) in [4.78, 5) is 5.33. The van der Waals surface area contributed by atoms with Crippen LogP contribution in [0.4, 0.5) is 0 Å². The summed E-state index contributed by atoms with van der Waals surface area (Å²) in [6.07, 6.45) is 2.70. The van der Waals surface area contributed by atoms with Gasteiger partial charge in [0.2, 0.25) is 0 Å². The summed E-state index contributed by atoms with van der Waals surface area (Å²) in [5.74, 6) is 0.619. The third-order valence-corrected chi connectivity index (χ3v) is 3.28. The van der Waals surface area contributed by atoms with Crippen molar-refractivity contribution in [2.75, 3.05) is 6.54 Å². The molecule has 0 spiro atoms. The maximum absolute atomic E-state index is 9.76. The third-order valence-electron chi connectivity index (χ3n) is 2.33. The van der Waals surface area contributed by atoms with Crippen molar-refractivity contribution < 1.29 is 5.11 Å². The van der Waals surface area contributed by atoms with Gasteiger partial charge in [-0.1, -0.05) is 0 Å². The number of nitrogens with two attached hydrogens (primary N) is 1. The van der Waals surface area contributed by atoms with Gasteiger partial charge in [0.15, 0.2) is 0 Å². The summed E-state index contributed by atoms with van der Waals surface area (Å²) >= 11 is 1.55. The molecule has 0 amide bonds. The zero-order valence-electron chi connectivity index (χ0n) is 7.44. The predicted molar refractivity (Wildman–Crippen MR) is 52.7 cm³/mol. The van der Waals surface area contributed by atoms with Gasteiger partial charge in [-0.2, -0.15) is 0 Å². The molecule has 1 aliphatic rings. The zero-order valence-corrected chi connectivity index (χ0v) is 8.26. The number of nitrogens with zero attached hydrogens (tertiary/aromatic N) is 1. The average molecular weight is 198 g/mol. The van der Waals surface area contributed by atoms with E-state index < -0.39 is 6.10 Å². The molecule has 0 aliphatic heterocycles. The van der Waals surface area contributed by atoms with Gasteiger partial charge < -0.3 is 10.8 Å². The predicted octanol–water partition coefficient (Wildman–Crippen LogP) is 1.40. The molecule has 1 saturated carbocycles. The van der Waals surface area contributed by atoms with E-state index >= 15 is 0 Å². The van der Waals surface area contributed by atoms with Crippen LogP contribution in [0.25, 0.3) is 0 Å². The van der Waals surface area contributed by atoms with Crippen molar-refractivity contribution in [3.05, 3.63) is 16.1 Å². The highest BCUT2D eigenvalue weighted by molar-refractivity contribution is 7.09. The van der Waals surface area contributed by atoms with Gasteiger partial charge in [-0.15, -0.1) is 11.3 Å². The number of aromatic nitrogens is 1. The standard InChI is InChI=1S/C9H14N2OS/c10-4-3-7(12)9-8(6-1-2-6)11-5-13-9/h5-7,12H,1-4,10H2. The van der Waals surface area contributed by atoms with Crippen molar-refractivity contribution in [3.8, 4) is 0 Å². The molecule has 13 heavy (non-hydrogen) atoms. The molecule has 2 rings (SSSR count). The quantitative estimate of drug-likeness (QED) is 0.769. The van der Waals surface area contributed by atoms with Gasteiger partial charge in [-0.3, -0.25) is 0 Å². The molecule has 1 aromatic rings. The highest BCUT2D eigenvalue weighted by Gasteiger charge is 2.30. The van der Waals surface area contributed by atoms with E-state index in [9.17, 15) is 5.11 Å². The van der Waals surface area contributed by atoms with Gasteiger partial charge in [-0.25, -0.2) is 4.98 Å². The Morgan fingerprint density at radius 2 is 2.46 bits per heavy atom. The smallest absolute Gasteiger partial charge is 0.0913 e. The molecule has 1 heterocycles. The lowest BCUT2D eigenvalue weighted by Crippen LogP contribution is -2.06. The molecule has 1 unspecified atom stereocenters. The Morgan fingerprint density at radius 1 is 1.69 bits per heavy atom. The Hall–Kier alpha value is -0.450. The van der Waals surface area contributed by atoms with Crippen molar-refractivity contribution in [2.24, 2.45) is 5.73 Å². The van der Waals surface area contributed by atoms with E-state index in [1.165, 1.54) is 12.8 Å². The Labute approximate surface area is 81.6 Å². The van der Waals surface area contributed by atoms with Crippen LogP contribution in [0.3, 0.4) is 0 Å². The summed E-state index contributed by atoms with van der Waals surface area (Å²) in [7, 11) is 0.